The van der Waals surface area contributed by atoms with Gasteiger partial charge in [-0.2, -0.15) is 0 Å². The fourth-order valence-corrected chi connectivity index (χ4v) is 2.13. The van der Waals surface area contributed by atoms with Crippen molar-refractivity contribution in [2.45, 2.75) is 26.4 Å². The molecule has 0 aromatic heterocycles. The number of nitrogens with one attached hydrogen (secondary N) is 1. The lowest BCUT2D eigenvalue weighted by Gasteiger charge is -2.19. The van der Waals surface area contributed by atoms with Crippen molar-refractivity contribution in [3.05, 3.63) is 34.9 Å². The number of halogens is 1. The molecule has 0 bridgehead atoms. The number of hydrogen-bond donors (Lipinski definition) is 1. The minimum atomic E-state index is -0.0566. The first kappa shape index (κ1) is 14.3. The lowest BCUT2D eigenvalue weighted by atomic mass is 10.2. The Morgan fingerprint density at radius 2 is 2.05 bits per heavy atom. The Hall–Kier alpha value is -1.10. The molecule has 0 spiro atoms. The Labute approximate surface area is 119 Å². The number of benzene rings is 1. The second kappa shape index (κ2) is 6.89. The SMILES string of the molecule is CCNCCC1=N[C@H](c2ccc(Cl)cc2)N(CC)O1. The van der Waals surface area contributed by atoms with E-state index in [1.54, 1.807) is 0 Å². The molecule has 1 aliphatic rings. The Morgan fingerprint density at radius 1 is 1.32 bits per heavy atom. The predicted octanol–water partition coefficient (Wildman–Crippen LogP) is 3.00. The topological polar surface area (TPSA) is 36.9 Å². The van der Waals surface area contributed by atoms with Gasteiger partial charge >= 0.3 is 0 Å². The van der Waals surface area contributed by atoms with Gasteiger partial charge in [-0.25, -0.2) is 4.99 Å². The Kier molecular flexibility index (Phi) is 5.19. The summed E-state index contributed by atoms with van der Waals surface area (Å²) in [6.45, 7) is 6.80. The van der Waals surface area contributed by atoms with Crippen LogP contribution in [0.15, 0.2) is 29.3 Å². The molecule has 1 heterocycles. The summed E-state index contributed by atoms with van der Waals surface area (Å²) in [6.07, 6.45) is 0.757. The lowest BCUT2D eigenvalue weighted by Crippen LogP contribution is -2.24. The van der Waals surface area contributed by atoms with Gasteiger partial charge in [-0.15, -0.1) is 5.06 Å². The highest BCUT2D eigenvalue weighted by atomic mass is 35.5. The molecule has 2 rings (SSSR count). The van der Waals surface area contributed by atoms with Gasteiger partial charge in [0.2, 0.25) is 5.90 Å². The molecule has 1 aliphatic heterocycles. The van der Waals surface area contributed by atoms with Crippen molar-refractivity contribution in [3.63, 3.8) is 0 Å². The maximum absolute atomic E-state index is 5.91. The summed E-state index contributed by atoms with van der Waals surface area (Å²) in [4.78, 5) is 10.4. The number of nitrogens with zero attached hydrogens (tertiary/aromatic N) is 2. The number of hydroxylamine groups is 2. The second-order valence-corrected chi connectivity index (χ2v) is 4.81. The van der Waals surface area contributed by atoms with Crippen LogP contribution in [0.25, 0.3) is 0 Å². The summed E-state index contributed by atoms with van der Waals surface area (Å²) in [6, 6.07) is 7.76. The van der Waals surface area contributed by atoms with Crippen molar-refractivity contribution < 1.29 is 4.84 Å². The molecule has 104 valence electrons. The Morgan fingerprint density at radius 3 is 2.68 bits per heavy atom. The van der Waals surface area contributed by atoms with Gasteiger partial charge in [0.25, 0.3) is 0 Å². The third-order valence-electron chi connectivity index (χ3n) is 3.01. The smallest absolute Gasteiger partial charge is 0.213 e. The average molecular weight is 282 g/mol. The quantitative estimate of drug-likeness (QED) is 0.815. The van der Waals surface area contributed by atoms with Gasteiger partial charge in [0.15, 0.2) is 6.17 Å². The first-order chi connectivity index (χ1) is 9.24. The van der Waals surface area contributed by atoms with Crippen LogP contribution in [0.1, 0.15) is 32.0 Å². The fraction of sp³-hybridized carbons (Fsp3) is 0.500. The first-order valence-corrected chi connectivity index (χ1v) is 7.09. The second-order valence-electron chi connectivity index (χ2n) is 4.38. The highest BCUT2D eigenvalue weighted by Gasteiger charge is 2.28. The van der Waals surface area contributed by atoms with Crippen LogP contribution < -0.4 is 5.32 Å². The molecule has 0 unspecified atom stereocenters. The molecule has 0 amide bonds. The third kappa shape index (κ3) is 3.69. The molecule has 0 saturated heterocycles. The van der Waals surface area contributed by atoms with Crippen LogP contribution in [0.3, 0.4) is 0 Å². The third-order valence-corrected chi connectivity index (χ3v) is 3.26. The van der Waals surface area contributed by atoms with Gasteiger partial charge < -0.3 is 10.2 Å². The molecular formula is C14H20ClN3O. The van der Waals surface area contributed by atoms with Gasteiger partial charge in [-0.3, -0.25) is 0 Å². The van der Waals surface area contributed by atoms with Crippen LogP contribution in [-0.4, -0.2) is 30.6 Å². The summed E-state index contributed by atoms with van der Waals surface area (Å²) in [7, 11) is 0. The van der Waals surface area contributed by atoms with E-state index >= 15 is 0 Å². The average Bonchev–Trinajstić information content (AvgIpc) is 2.83. The molecule has 1 aromatic carbocycles. The van der Waals surface area contributed by atoms with E-state index in [0.29, 0.717) is 0 Å². The number of aliphatic imine (C=N–C) groups is 1. The minimum Gasteiger partial charge on any atom is -0.388 e. The van der Waals surface area contributed by atoms with Crippen LogP contribution in [0, 0.1) is 0 Å². The van der Waals surface area contributed by atoms with E-state index < -0.39 is 0 Å². The fourth-order valence-electron chi connectivity index (χ4n) is 2.01. The van der Waals surface area contributed by atoms with Crippen molar-refractivity contribution in [2.75, 3.05) is 19.6 Å². The minimum absolute atomic E-state index is 0.0566. The first-order valence-electron chi connectivity index (χ1n) is 6.72. The Balaban J connectivity index is 2.06. The molecule has 19 heavy (non-hydrogen) atoms. The van der Waals surface area contributed by atoms with Gasteiger partial charge in [-0.05, 0) is 31.2 Å². The summed E-state index contributed by atoms with van der Waals surface area (Å²) in [5, 5.41) is 5.90. The van der Waals surface area contributed by atoms with E-state index in [4.69, 9.17) is 16.4 Å². The summed E-state index contributed by atoms with van der Waals surface area (Å²) >= 11 is 5.91. The largest absolute Gasteiger partial charge is 0.388 e. The van der Waals surface area contributed by atoms with Crippen LogP contribution in [0.4, 0.5) is 0 Å². The predicted molar refractivity (Wildman–Crippen MR) is 78.3 cm³/mol. The molecule has 1 N–H and O–H groups in total. The van der Waals surface area contributed by atoms with Gasteiger partial charge in [0, 0.05) is 24.5 Å². The maximum atomic E-state index is 5.91. The van der Waals surface area contributed by atoms with E-state index in [-0.39, 0.29) is 6.17 Å². The monoisotopic (exact) mass is 281 g/mol. The zero-order chi connectivity index (χ0) is 13.7. The van der Waals surface area contributed by atoms with E-state index in [1.807, 2.05) is 29.3 Å². The number of rotatable bonds is 6. The van der Waals surface area contributed by atoms with Crippen LogP contribution in [0.2, 0.25) is 5.02 Å². The molecule has 0 radical (unpaired) electrons. The molecule has 0 aliphatic carbocycles. The van der Waals surface area contributed by atoms with Crippen molar-refractivity contribution in [3.8, 4) is 0 Å². The van der Waals surface area contributed by atoms with Crippen molar-refractivity contribution in [1.82, 2.24) is 10.4 Å². The lowest BCUT2D eigenvalue weighted by molar-refractivity contribution is -0.0815. The molecule has 1 atom stereocenters. The van der Waals surface area contributed by atoms with Crippen LogP contribution in [-0.2, 0) is 4.84 Å². The standard InChI is InChI=1S/C14H20ClN3O/c1-3-16-10-9-13-17-14(18(4-2)19-13)11-5-7-12(15)8-6-11/h5-8,14,16H,3-4,9-10H2,1-2H3/t14-/m0/s1. The molecule has 0 saturated carbocycles. The van der Waals surface area contributed by atoms with Gasteiger partial charge in [-0.1, -0.05) is 30.7 Å². The van der Waals surface area contributed by atoms with Crippen molar-refractivity contribution in [2.24, 2.45) is 4.99 Å². The zero-order valence-corrected chi connectivity index (χ0v) is 12.2. The molecular weight excluding hydrogens is 262 g/mol. The summed E-state index contributed by atoms with van der Waals surface area (Å²) in [5.41, 5.74) is 1.10. The number of hydrogen-bond acceptors (Lipinski definition) is 4. The normalized spacial score (nSPS) is 19.3. The van der Waals surface area contributed by atoms with Crippen molar-refractivity contribution >= 4 is 17.5 Å². The van der Waals surface area contributed by atoms with E-state index in [2.05, 4.69) is 24.2 Å². The van der Waals surface area contributed by atoms with E-state index in [0.717, 1.165) is 42.5 Å². The van der Waals surface area contributed by atoms with Gasteiger partial charge in [0.1, 0.15) is 0 Å². The molecule has 5 heteroatoms. The van der Waals surface area contributed by atoms with E-state index in [1.165, 1.54) is 0 Å². The van der Waals surface area contributed by atoms with Crippen LogP contribution >= 0.6 is 11.6 Å². The van der Waals surface area contributed by atoms with Crippen molar-refractivity contribution in [1.29, 1.82) is 0 Å². The molecule has 4 nitrogen and oxygen atoms in total. The highest BCUT2D eigenvalue weighted by molar-refractivity contribution is 6.30. The highest BCUT2D eigenvalue weighted by Crippen LogP contribution is 2.29. The van der Waals surface area contributed by atoms with Gasteiger partial charge in [0.05, 0.1) is 0 Å². The van der Waals surface area contributed by atoms with E-state index in [9.17, 15) is 0 Å². The summed E-state index contributed by atoms with van der Waals surface area (Å²) in [5.74, 6) is 0.794. The maximum Gasteiger partial charge on any atom is 0.213 e. The molecule has 1 aromatic rings. The molecule has 0 fully saturated rings. The van der Waals surface area contributed by atoms with Crippen LogP contribution in [0.5, 0.6) is 0 Å². The zero-order valence-electron chi connectivity index (χ0n) is 11.4. The summed E-state index contributed by atoms with van der Waals surface area (Å²) < 4.78 is 0. The Bertz CT molecular complexity index is 433.